The number of hydrogen-bond acceptors (Lipinski definition) is 2. The summed E-state index contributed by atoms with van der Waals surface area (Å²) in [5, 5.41) is 3.51. The third-order valence-electron chi connectivity index (χ3n) is 6.91. The first-order chi connectivity index (χ1) is 16.9. The zero-order valence-corrected chi connectivity index (χ0v) is 23.7. The van der Waals surface area contributed by atoms with Gasteiger partial charge in [0.05, 0.1) is 5.30 Å². The van der Waals surface area contributed by atoms with Crippen molar-refractivity contribution in [3.8, 4) is 11.5 Å². The Hall–Kier alpha value is -2.83. The molecular formula is C33H37O2P. The third kappa shape index (κ3) is 4.76. The molecule has 0 atom stereocenters. The number of aryl methyl sites for hydroxylation is 2. The van der Waals surface area contributed by atoms with E-state index in [1.807, 2.05) is 0 Å². The molecule has 0 amide bonds. The molecule has 0 aromatic heterocycles. The molecule has 0 bridgehead atoms. The maximum absolute atomic E-state index is 6.98. The number of rotatable bonds is 1. The molecule has 1 heterocycles. The van der Waals surface area contributed by atoms with Gasteiger partial charge >= 0.3 is 8.38 Å². The van der Waals surface area contributed by atoms with Gasteiger partial charge < -0.3 is 9.05 Å². The minimum atomic E-state index is -1.40. The van der Waals surface area contributed by atoms with Gasteiger partial charge in [0.1, 0.15) is 11.5 Å². The second-order valence-electron chi connectivity index (χ2n) is 12.2. The SMILES string of the molecule is Cc1cc2c(c(C(C)(C)C)c1)OP(c1ccc3ccccc3c1)Oc1c(cc(C)cc1C(C)(C)C)C2. The third-order valence-corrected chi connectivity index (χ3v) is 8.31. The summed E-state index contributed by atoms with van der Waals surface area (Å²) in [5.74, 6) is 1.97. The fourth-order valence-electron chi connectivity index (χ4n) is 5.07. The van der Waals surface area contributed by atoms with E-state index in [1.165, 1.54) is 44.2 Å². The van der Waals surface area contributed by atoms with Crippen LogP contribution in [0.2, 0.25) is 0 Å². The first kappa shape index (κ1) is 24.8. The minimum Gasteiger partial charge on any atom is -0.435 e. The quantitative estimate of drug-likeness (QED) is 0.245. The lowest BCUT2D eigenvalue weighted by Gasteiger charge is -2.33. The van der Waals surface area contributed by atoms with Crippen LogP contribution in [0.5, 0.6) is 11.5 Å². The van der Waals surface area contributed by atoms with Gasteiger partial charge in [-0.15, -0.1) is 0 Å². The molecule has 2 nitrogen and oxygen atoms in total. The first-order valence-electron chi connectivity index (χ1n) is 12.8. The average molecular weight is 497 g/mol. The van der Waals surface area contributed by atoms with Gasteiger partial charge in [0.25, 0.3) is 0 Å². The summed E-state index contributed by atoms with van der Waals surface area (Å²) in [6, 6.07) is 24.2. The molecule has 0 spiro atoms. The van der Waals surface area contributed by atoms with Crippen LogP contribution >= 0.6 is 8.38 Å². The van der Waals surface area contributed by atoms with E-state index in [-0.39, 0.29) is 10.8 Å². The van der Waals surface area contributed by atoms with Crippen molar-refractivity contribution in [2.45, 2.75) is 72.6 Å². The summed E-state index contributed by atoms with van der Waals surface area (Å²) in [7, 11) is -1.40. The van der Waals surface area contributed by atoms with E-state index in [1.54, 1.807) is 0 Å². The molecule has 4 aromatic carbocycles. The van der Waals surface area contributed by atoms with Crippen molar-refractivity contribution in [2.75, 3.05) is 0 Å². The maximum atomic E-state index is 6.98. The van der Waals surface area contributed by atoms with Gasteiger partial charge in [-0.25, -0.2) is 0 Å². The van der Waals surface area contributed by atoms with Crippen LogP contribution in [0, 0.1) is 13.8 Å². The van der Waals surface area contributed by atoms with Crippen molar-refractivity contribution >= 4 is 24.5 Å². The molecule has 4 aromatic rings. The van der Waals surface area contributed by atoms with Gasteiger partial charge in [0.15, 0.2) is 0 Å². The van der Waals surface area contributed by atoms with Crippen LogP contribution < -0.4 is 14.4 Å². The molecule has 0 saturated carbocycles. The summed E-state index contributed by atoms with van der Waals surface area (Å²) >= 11 is 0. The molecule has 186 valence electrons. The molecule has 36 heavy (non-hydrogen) atoms. The Morgan fingerprint density at radius 3 is 1.61 bits per heavy atom. The van der Waals surface area contributed by atoms with Crippen molar-refractivity contribution in [3.63, 3.8) is 0 Å². The van der Waals surface area contributed by atoms with E-state index in [4.69, 9.17) is 9.05 Å². The van der Waals surface area contributed by atoms with E-state index in [0.29, 0.717) is 0 Å². The summed E-state index contributed by atoms with van der Waals surface area (Å²) in [5.41, 5.74) is 7.39. The Kier molecular flexibility index (Phi) is 6.16. The molecule has 1 aliphatic rings. The van der Waals surface area contributed by atoms with Gasteiger partial charge in [-0.3, -0.25) is 0 Å². The van der Waals surface area contributed by atoms with Gasteiger partial charge in [-0.1, -0.05) is 107 Å². The zero-order valence-electron chi connectivity index (χ0n) is 22.8. The topological polar surface area (TPSA) is 18.5 Å². The highest BCUT2D eigenvalue weighted by atomic mass is 31.2. The highest BCUT2D eigenvalue weighted by Crippen LogP contribution is 2.51. The van der Waals surface area contributed by atoms with Crippen LogP contribution in [0.1, 0.15) is 74.9 Å². The predicted molar refractivity (Wildman–Crippen MR) is 154 cm³/mol. The maximum Gasteiger partial charge on any atom is 0.326 e. The summed E-state index contributed by atoms with van der Waals surface area (Å²) in [6.07, 6.45) is 0.793. The van der Waals surface area contributed by atoms with Crippen LogP contribution in [0.25, 0.3) is 10.8 Å². The number of benzene rings is 4. The van der Waals surface area contributed by atoms with Gasteiger partial charge in [0.2, 0.25) is 0 Å². The van der Waals surface area contributed by atoms with E-state index < -0.39 is 8.38 Å². The summed E-state index contributed by atoms with van der Waals surface area (Å²) in [4.78, 5) is 0. The smallest absolute Gasteiger partial charge is 0.326 e. The Labute approximate surface area is 217 Å². The first-order valence-corrected chi connectivity index (χ1v) is 14.0. The van der Waals surface area contributed by atoms with Gasteiger partial charge in [0, 0.05) is 17.5 Å². The van der Waals surface area contributed by atoms with Gasteiger partial charge in [-0.05, 0) is 58.7 Å². The standard InChI is InChI=1S/C33H37O2P/c1-21-15-25-19-26-16-22(2)18-29(33(6,7)8)31(26)35-36(34-30(25)28(17-21)32(3,4)5)27-14-13-23-11-9-10-12-24(23)20-27/h9-18,20H,19H2,1-8H3. The Morgan fingerprint density at radius 2 is 1.11 bits per heavy atom. The van der Waals surface area contributed by atoms with E-state index in [0.717, 1.165) is 23.2 Å². The Morgan fingerprint density at radius 1 is 0.611 bits per heavy atom. The van der Waals surface area contributed by atoms with Gasteiger partial charge in [-0.2, -0.15) is 0 Å². The molecule has 1 aliphatic heterocycles. The van der Waals surface area contributed by atoms with E-state index in [2.05, 4.69) is 122 Å². The molecule has 0 saturated heterocycles. The molecule has 0 fully saturated rings. The highest BCUT2D eigenvalue weighted by Gasteiger charge is 2.32. The molecule has 3 heteroatoms. The molecule has 0 unspecified atom stereocenters. The van der Waals surface area contributed by atoms with Crippen molar-refractivity contribution in [1.82, 2.24) is 0 Å². The average Bonchev–Trinajstić information content (AvgIpc) is 2.78. The largest absolute Gasteiger partial charge is 0.435 e. The summed E-state index contributed by atoms with van der Waals surface area (Å²) < 4.78 is 14.0. The van der Waals surface area contributed by atoms with E-state index >= 15 is 0 Å². The van der Waals surface area contributed by atoms with Crippen molar-refractivity contribution in [2.24, 2.45) is 0 Å². The minimum absolute atomic E-state index is 0.0499. The lowest BCUT2D eigenvalue weighted by molar-refractivity contribution is 0.457. The second kappa shape index (κ2) is 8.93. The van der Waals surface area contributed by atoms with Crippen molar-refractivity contribution in [1.29, 1.82) is 0 Å². The van der Waals surface area contributed by atoms with Crippen LogP contribution in [-0.4, -0.2) is 0 Å². The van der Waals surface area contributed by atoms with Crippen LogP contribution in [-0.2, 0) is 17.3 Å². The number of hydrogen-bond donors (Lipinski definition) is 0. The van der Waals surface area contributed by atoms with Crippen molar-refractivity contribution < 1.29 is 9.05 Å². The van der Waals surface area contributed by atoms with Crippen LogP contribution in [0.3, 0.4) is 0 Å². The van der Waals surface area contributed by atoms with Crippen LogP contribution in [0.4, 0.5) is 0 Å². The van der Waals surface area contributed by atoms with Crippen molar-refractivity contribution in [3.05, 3.63) is 100 Å². The lowest BCUT2D eigenvalue weighted by atomic mass is 9.81. The second-order valence-corrected chi connectivity index (χ2v) is 13.6. The Bertz CT molecular complexity index is 1380. The fourth-order valence-corrected chi connectivity index (χ4v) is 6.53. The fraction of sp³-hybridized carbons (Fsp3) is 0.333. The van der Waals surface area contributed by atoms with Crippen LogP contribution in [0.15, 0.2) is 66.7 Å². The zero-order chi connectivity index (χ0) is 25.8. The Balaban J connectivity index is 1.78. The summed E-state index contributed by atoms with van der Waals surface area (Å²) in [6.45, 7) is 18.0. The molecule has 5 rings (SSSR count). The lowest BCUT2D eigenvalue weighted by Crippen LogP contribution is -2.21. The number of fused-ring (bicyclic) bond motifs is 3. The highest BCUT2D eigenvalue weighted by molar-refractivity contribution is 7.56. The molecule has 0 aliphatic carbocycles. The molecular weight excluding hydrogens is 459 g/mol. The molecule has 0 N–H and O–H groups in total. The van der Waals surface area contributed by atoms with E-state index in [9.17, 15) is 0 Å². The monoisotopic (exact) mass is 496 g/mol. The predicted octanol–water partition coefficient (Wildman–Crippen LogP) is 9.05. The molecule has 0 radical (unpaired) electrons. The normalized spacial score (nSPS) is 14.3.